The van der Waals surface area contributed by atoms with Gasteiger partial charge in [0.25, 0.3) is 0 Å². The Kier molecular flexibility index (Phi) is 14.1. The van der Waals surface area contributed by atoms with Crippen LogP contribution in [0.5, 0.6) is 5.75 Å². The SMILES string of the molecule is CC(C)(C)OC(=O)N1CCN(C(=O)OCc2ccccc2)C(CO)C1.O=C(OCc1ccccc1)N1CCCCC1COc1cccnc1. The van der Waals surface area contributed by atoms with Gasteiger partial charge in [-0.3, -0.25) is 9.88 Å². The molecule has 12 nitrogen and oxygen atoms in total. The van der Waals surface area contributed by atoms with Gasteiger partial charge in [-0.2, -0.15) is 0 Å². The molecule has 264 valence electrons. The Balaban J connectivity index is 0.000000221. The summed E-state index contributed by atoms with van der Waals surface area (Å²) in [7, 11) is 0. The normalized spacial score (nSPS) is 17.7. The summed E-state index contributed by atoms with van der Waals surface area (Å²) in [5.74, 6) is 0.723. The molecule has 2 fully saturated rings. The molecule has 2 aliphatic heterocycles. The summed E-state index contributed by atoms with van der Waals surface area (Å²) < 4.78 is 21.9. The maximum absolute atomic E-state index is 12.4. The zero-order valence-electron chi connectivity index (χ0n) is 28.6. The van der Waals surface area contributed by atoms with Crippen molar-refractivity contribution in [2.45, 2.75) is 70.9 Å². The lowest BCUT2D eigenvalue weighted by Crippen LogP contribution is -2.58. The van der Waals surface area contributed by atoms with Crippen molar-refractivity contribution in [1.29, 1.82) is 0 Å². The van der Waals surface area contributed by atoms with Gasteiger partial charge in [0.1, 0.15) is 31.2 Å². The quantitative estimate of drug-likeness (QED) is 0.290. The minimum Gasteiger partial charge on any atom is -0.490 e. The van der Waals surface area contributed by atoms with Crippen LogP contribution in [0.15, 0.2) is 85.2 Å². The zero-order valence-corrected chi connectivity index (χ0v) is 28.6. The lowest BCUT2D eigenvalue weighted by atomic mass is 10.0. The van der Waals surface area contributed by atoms with Crippen molar-refractivity contribution < 1.29 is 38.4 Å². The first kappa shape index (κ1) is 37.0. The Morgan fingerprint density at radius 3 is 1.94 bits per heavy atom. The smallest absolute Gasteiger partial charge is 0.410 e. The fraction of sp³-hybridized carbons (Fsp3) is 0.459. The molecule has 3 aromatic rings. The third kappa shape index (κ3) is 12.3. The number of rotatable bonds is 8. The van der Waals surface area contributed by atoms with E-state index in [-0.39, 0.29) is 38.4 Å². The van der Waals surface area contributed by atoms with Crippen molar-refractivity contribution in [3.8, 4) is 5.75 Å². The van der Waals surface area contributed by atoms with Gasteiger partial charge < -0.3 is 33.9 Å². The third-order valence-electron chi connectivity index (χ3n) is 7.93. The van der Waals surface area contributed by atoms with E-state index in [0.717, 1.165) is 36.1 Å². The van der Waals surface area contributed by atoms with Crippen LogP contribution >= 0.6 is 0 Å². The number of piperazine rings is 1. The number of ether oxygens (including phenoxy) is 4. The van der Waals surface area contributed by atoms with E-state index >= 15 is 0 Å². The Morgan fingerprint density at radius 1 is 0.776 bits per heavy atom. The first-order valence-corrected chi connectivity index (χ1v) is 16.7. The zero-order chi connectivity index (χ0) is 35.1. The molecule has 3 amide bonds. The number of aromatic nitrogens is 1. The van der Waals surface area contributed by atoms with Crippen molar-refractivity contribution in [1.82, 2.24) is 19.7 Å². The third-order valence-corrected chi connectivity index (χ3v) is 7.93. The van der Waals surface area contributed by atoms with Gasteiger partial charge in [0.15, 0.2) is 0 Å². The second-order valence-corrected chi connectivity index (χ2v) is 12.9. The van der Waals surface area contributed by atoms with Crippen LogP contribution in [-0.4, -0.2) is 100 Å². The van der Waals surface area contributed by atoms with Crippen LogP contribution in [0, 0.1) is 0 Å². The van der Waals surface area contributed by atoms with Crippen LogP contribution in [0.25, 0.3) is 0 Å². The number of carbonyl (C=O) groups excluding carboxylic acids is 3. The summed E-state index contributed by atoms with van der Waals surface area (Å²) in [6.07, 6.45) is 5.23. The highest BCUT2D eigenvalue weighted by molar-refractivity contribution is 5.71. The summed E-state index contributed by atoms with van der Waals surface area (Å²) in [5.41, 5.74) is 1.30. The molecule has 2 aliphatic rings. The van der Waals surface area contributed by atoms with Crippen molar-refractivity contribution in [2.75, 3.05) is 39.4 Å². The van der Waals surface area contributed by atoms with Crippen molar-refractivity contribution in [2.24, 2.45) is 0 Å². The minimum absolute atomic E-state index is 0.0437. The molecule has 2 unspecified atom stereocenters. The molecule has 3 heterocycles. The van der Waals surface area contributed by atoms with Crippen molar-refractivity contribution in [3.05, 3.63) is 96.3 Å². The Morgan fingerprint density at radius 2 is 1.39 bits per heavy atom. The average Bonchev–Trinajstić information content (AvgIpc) is 3.12. The van der Waals surface area contributed by atoms with E-state index < -0.39 is 23.8 Å². The van der Waals surface area contributed by atoms with Gasteiger partial charge in [-0.1, -0.05) is 60.7 Å². The number of pyridine rings is 1. The van der Waals surface area contributed by atoms with E-state index in [0.29, 0.717) is 26.3 Å². The molecule has 1 N–H and O–H groups in total. The molecular weight excluding hydrogens is 628 g/mol. The van der Waals surface area contributed by atoms with E-state index in [4.69, 9.17) is 18.9 Å². The molecule has 0 aliphatic carbocycles. The number of aliphatic hydroxyl groups is 1. The highest BCUT2D eigenvalue weighted by Gasteiger charge is 2.35. The second-order valence-electron chi connectivity index (χ2n) is 12.9. The van der Waals surface area contributed by atoms with Crippen LogP contribution in [0.1, 0.15) is 51.2 Å². The fourth-order valence-electron chi connectivity index (χ4n) is 5.39. The summed E-state index contributed by atoms with van der Waals surface area (Å²) in [4.78, 5) is 45.7. The van der Waals surface area contributed by atoms with Gasteiger partial charge in [0.05, 0.1) is 24.9 Å². The van der Waals surface area contributed by atoms with Crippen LogP contribution in [0.3, 0.4) is 0 Å². The highest BCUT2D eigenvalue weighted by atomic mass is 16.6. The Labute approximate surface area is 288 Å². The van der Waals surface area contributed by atoms with Crippen molar-refractivity contribution >= 4 is 18.3 Å². The number of nitrogens with zero attached hydrogens (tertiary/aromatic N) is 4. The van der Waals surface area contributed by atoms with Crippen molar-refractivity contribution in [3.63, 3.8) is 0 Å². The molecule has 0 spiro atoms. The molecule has 5 rings (SSSR count). The maximum atomic E-state index is 12.4. The van der Waals surface area contributed by atoms with E-state index in [2.05, 4.69) is 4.98 Å². The number of carbonyl (C=O) groups is 3. The molecule has 0 radical (unpaired) electrons. The summed E-state index contributed by atoms with van der Waals surface area (Å²) in [5, 5.41) is 9.60. The number of hydrogen-bond acceptors (Lipinski definition) is 9. The van der Waals surface area contributed by atoms with E-state index in [9.17, 15) is 19.5 Å². The molecule has 2 aromatic carbocycles. The maximum Gasteiger partial charge on any atom is 0.410 e. The van der Waals surface area contributed by atoms with Gasteiger partial charge in [-0.25, -0.2) is 14.4 Å². The molecule has 12 heteroatoms. The first-order valence-electron chi connectivity index (χ1n) is 16.7. The minimum atomic E-state index is -0.586. The predicted octanol–water partition coefficient (Wildman–Crippen LogP) is 5.89. The van der Waals surface area contributed by atoms with Gasteiger partial charge in [-0.05, 0) is 63.3 Å². The van der Waals surface area contributed by atoms with E-state index in [1.807, 2.05) is 72.8 Å². The summed E-state index contributed by atoms with van der Waals surface area (Å²) in [6.45, 7) is 7.63. The van der Waals surface area contributed by atoms with Crippen LogP contribution in [0.4, 0.5) is 14.4 Å². The molecule has 0 saturated carbocycles. The van der Waals surface area contributed by atoms with Crippen LogP contribution in [-0.2, 0) is 27.4 Å². The Bertz CT molecular complexity index is 1440. The number of piperidine rings is 1. The number of hydrogen-bond donors (Lipinski definition) is 1. The van der Waals surface area contributed by atoms with Gasteiger partial charge in [0, 0.05) is 32.4 Å². The van der Waals surface area contributed by atoms with E-state index in [1.165, 1.54) is 9.80 Å². The van der Waals surface area contributed by atoms with Crippen LogP contribution in [0.2, 0.25) is 0 Å². The van der Waals surface area contributed by atoms with E-state index in [1.54, 1.807) is 38.1 Å². The highest BCUT2D eigenvalue weighted by Crippen LogP contribution is 2.20. The fourth-order valence-corrected chi connectivity index (χ4v) is 5.39. The average molecular weight is 677 g/mol. The number of aliphatic hydroxyl groups excluding tert-OH is 1. The largest absolute Gasteiger partial charge is 0.490 e. The standard InChI is InChI=1S/C19H22N2O3.C18H26N2O5/c22-19(24-14-16-7-2-1-3-8-16)21-12-5-4-9-17(21)15-23-18-10-6-11-20-13-18;1-18(2,3)25-16(22)19-9-10-20(15(11-19)12-21)17(23)24-13-14-7-5-4-6-8-14/h1-3,6-8,10-11,13,17H,4-5,9,12,14-15H2;4-8,15,21H,9-13H2,1-3H3. The molecular formula is C37H48N4O8. The second kappa shape index (κ2) is 18.6. The number of benzene rings is 2. The molecule has 2 atom stereocenters. The topological polar surface area (TPSA) is 131 Å². The van der Waals surface area contributed by atoms with Gasteiger partial charge in [-0.15, -0.1) is 0 Å². The van der Waals surface area contributed by atoms with Crippen LogP contribution < -0.4 is 4.74 Å². The summed E-state index contributed by atoms with van der Waals surface area (Å²) in [6, 6.07) is 22.3. The molecule has 0 bridgehead atoms. The molecule has 1 aromatic heterocycles. The molecule has 49 heavy (non-hydrogen) atoms. The van der Waals surface area contributed by atoms with Gasteiger partial charge in [0.2, 0.25) is 0 Å². The van der Waals surface area contributed by atoms with Gasteiger partial charge >= 0.3 is 18.3 Å². The summed E-state index contributed by atoms with van der Waals surface area (Å²) >= 11 is 0. The monoisotopic (exact) mass is 676 g/mol. The predicted molar refractivity (Wildman–Crippen MR) is 183 cm³/mol. The first-order chi connectivity index (χ1) is 23.6. The number of likely N-dealkylation sites (tertiary alicyclic amines) is 1. The molecule has 2 saturated heterocycles. The lowest BCUT2D eigenvalue weighted by Gasteiger charge is -2.40. The Hall–Kier alpha value is -4.84. The number of amides is 3. The lowest BCUT2D eigenvalue weighted by molar-refractivity contribution is -0.00667.